The van der Waals surface area contributed by atoms with Gasteiger partial charge in [0.1, 0.15) is 18.1 Å². The lowest BCUT2D eigenvalue weighted by molar-refractivity contribution is -0.149. The highest BCUT2D eigenvalue weighted by Gasteiger charge is 2.10. The SMILES string of the molecule is CCOc1ccc(OCCO[C@@H](C)C(=O)O)cc1. The number of benzene rings is 1. The van der Waals surface area contributed by atoms with E-state index in [4.69, 9.17) is 19.3 Å². The number of ether oxygens (including phenoxy) is 3. The minimum absolute atomic E-state index is 0.237. The lowest BCUT2D eigenvalue weighted by Crippen LogP contribution is -2.22. The number of carboxylic acid groups (broad SMARTS) is 1. The zero-order chi connectivity index (χ0) is 13.4. The number of carboxylic acids is 1. The van der Waals surface area contributed by atoms with Gasteiger partial charge in [-0.25, -0.2) is 4.79 Å². The summed E-state index contributed by atoms with van der Waals surface area (Å²) >= 11 is 0. The summed E-state index contributed by atoms with van der Waals surface area (Å²) in [6, 6.07) is 7.23. The summed E-state index contributed by atoms with van der Waals surface area (Å²) in [5, 5.41) is 8.60. The smallest absolute Gasteiger partial charge is 0.332 e. The first-order valence-electron chi connectivity index (χ1n) is 5.83. The Morgan fingerprint density at radius 1 is 1.17 bits per heavy atom. The largest absolute Gasteiger partial charge is 0.494 e. The quantitative estimate of drug-likeness (QED) is 0.718. The molecule has 1 atom stereocenters. The fraction of sp³-hybridized carbons (Fsp3) is 0.462. The van der Waals surface area contributed by atoms with E-state index in [0.29, 0.717) is 19.0 Å². The number of hydrogen-bond donors (Lipinski definition) is 1. The van der Waals surface area contributed by atoms with Gasteiger partial charge in [0.25, 0.3) is 0 Å². The van der Waals surface area contributed by atoms with Crippen molar-refractivity contribution in [2.75, 3.05) is 19.8 Å². The maximum Gasteiger partial charge on any atom is 0.332 e. The number of aliphatic carboxylic acids is 1. The van der Waals surface area contributed by atoms with E-state index in [0.717, 1.165) is 5.75 Å². The van der Waals surface area contributed by atoms with Crippen LogP contribution < -0.4 is 9.47 Å². The van der Waals surface area contributed by atoms with Crippen molar-refractivity contribution in [1.29, 1.82) is 0 Å². The van der Waals surface area contributed by atoms with E-state index in [1.54, 1.807) is 12.1 Å². The summed E-state index contributed by atoms with van der Waals surface area (Å²) in [6.45, 7) is 4.58. The molecule has 0 amide bonds. The summed E-state index contributed by atoms with van der Waals surface area (Å²) in [7, 11) is 0. The standard InChI is InChI=1S/C13H18O5/c1-3-16-11-4-6-12(7-5-11)18-9-8-17-10(2)13(14)15/h4-7,10H,3,8-9H2,1-2H3,(H,14,15)/t10-/m0/s1. The highest BCUT2D eigenvalue weighted by atomic mass is 16.5. The van der Waals surface area contributed by atoms with Crippen molar-refractivity contribution in [1.82, 2.24) is 0 Å². The molecule has 100 valence electrons. The van der Waals surface area contributed by atoms with Gasteiger partial charge < -0.3 is 19.3 Å². The molecule has 1 aromatic carbocycles. The summed E-state index contributed by atoms with van der Waals surface area (Å²) in [5.74, 6) is 0.515. The second kappa shape index (κ2) is 7.55. The molecule has 0 aromatic heterocycles. The molecule has 0 aliphatic heterocycles. The van der Waals surface area contributed by atoms with Gasteiger partial charge in [0.15, 0.2) is 6.10 Å². The fourth-order valence-corrected chi connectivity index (χ4v) is 1.25. The Balaban J connectivity index is 2.25. The summed E-state index contributed by atoms with van der Waals surface area (Å²) in [5.41, 5.74) is 0. The molecule has 18 heavy (non-hydrogen) atoms. The van der Waals surface area contributed by atoms with Gasteiger partial charge in [0.2, 0.25) is 0 Å². The first-order valence-corrected chi connectivity index (χ1v) is 5.83. The monoisotopic (exact) mass is 254 g/mol. The van der Waals surface area contributed by atoms with E-state index in [9.17, 15) is 4.79 Å². The van der Waals surface area contributed by atoms with Gasteiger partial charge >= 0.3 is 5.97 Å². The Morgan fingerprint density at radius 2 is 1.72 bits per heavy atom. The van der Waals surface area contributed by atoms with E-state index in [-0.39, 0.29) is 6.61 Å². The van der Waals surface area contributed by atoms with Crippen LogP contribution >= 0.6 is 0 Å². The van der Waals surface area contributed by atoms with Crippen LogP contribution in [-0.4, -0.2) is 37.0 Å². The molecule has 0 saturated heterocycles. The zero-order valence-corrected chi connectivity index (χ0v) is 10.6. The molecule has 5 nitrogen and oxygen atoms in total. The van der Waals surface area contributed by atoms with Gasteiger partial charge in [0.05, 0.1) is 13.2 Å². The zero-order valence-electron chi connectivity index (χ0n) is 10.6. The second-order valence-electron chi connectivity index (χ2n) is 3.60. The molecule has 0 bridgehead atoms. The van der Waals surface area contributed by atoms with Crippen molar-refractivity contribution in [3.8, 4) is 11.5 Å². The Bertz CT molecular complexity index is 360. The average Bonchev–Trinajstić information content (AvgIpc) is 2.36. The van der Waals surface area contributed by atoms with Crippen LogP contribution in [0.3, 0.4) is 0 Å². The average molecular weight is 254 g/mol. The minimum atomic E-state index is -0.976. The maximum atomic E-state index is 10.5. The lowest BCUT2D eigenvalue weighted by Gasteiger charge is -2.10. The van der Waals surface area contributed by atoms with Gasteiger partial charge in [-0.05, 0) is 38.1 Å². The van der Waals surface area contributed by atoms with Crippen molar-refractivity contribution < 1.29 is 24.1 Å². The van der Waals surface area contributed by atoms with Gasteiger partial charge in [0, 0.05) is 0 Å². The second-order valence-corrected chi connectivity index (χ2v) is 3.60. The van der Waals surface area contributed by atoms with E-state index >= 15 is 0 Å². The van der Waals surface area contributed by atoms with Crippen LogP contribution in [0, 0.1) is 0 Å². The maximum absolute atomic E-state index is 10.5. The molecule has 0 fully saturated rings. The third-order valence-electron chi connectivity index (χ3n) is 2.20. The Morgan fingerprint density at radius 3 is 2.22 bits per heavy atom. The third kappa shape index (κ3) is 5.05. The molecule has 0 saturated carbocycles. The highest BCUT2D eigenvalue weighted by molar-refractivity contribution is 5.71. The van der Waals surface area contributed by atoms with Crippen molar-refractivity contribution in [3.63, 3.8) is 0 Å². The van der Waals surface area contributed by atoms with Crippen LogP contribution in [0.15, 0.2) is 24.3 Å². The number of carbonyl (C=O) groups is 1. The molecule has 0 unspecified atom stereocenters. The molecule has 0 aliphatic carbocycles. The van der Waals surface area contributed by atoms with Crippen molar-refractivity contribution in [2.45, 2.75) is 20.0 Å². The molecule has 1 aromatic rings. The van der Waals surface area contributed by atoms with Crippen LogP contribution in [0.4, 0.5) is 0 Å². The molecule has 0 heterocycles. The number of hydrogen-bond acceptors (Lipinski definition) is 4. The number of rotatable bonds is 8. The predicted octanol–water partition coefficient (Wildman–Crippen LogP) is 1.95. The van der Waals surface area contributed by atoms with Crippen LogP contribution in [0.1, 0.15) is 13.8 Å². The molecule has 0 spiro atoms. The summed E-state index contributed by atoms with van der Waals surface area (Å²) in [6.07, 6.45) is -0.811. The van der Waals surface area contributed by atoms with Gasteiger partial charge in [-0.2, -0.15) is 0 Å². The fourth-order valence-electron chi connectivity index (χ4n) is 1.25. The normalized spacial score (nSPS) is 11.9. The molecule has 1 N–H and O–H groups in total. The van der Waals surface area contributed by atoms with Crippen LogP contribution in [0.5, 0.6) is 11.5 Å². The summed E-state index contributed by atoms with van der Waals surface area (Å²) in [4.78, 5) is 10.5. The minimum Gasteiger partial charge on any atom is -0.494 e. The van der Waals surface area contributed by atoms with Crippen molar-refractivity contribution >= 4 is 5.97 Å². The van der Waals surface area contributed by atoms with Crippen molar-refractivity contribution in [2.24, 2.45) is 0 Å². The topological polar surface area (TPSA) is 65.0 Å². The first kappa shape index (κ1) is 14.3. The molecule has 0 aliphatic rings. The van der Waals surface area contributed by atoms with Crippen molar-refractivity contribution in [3.05, 3.63) is 24.3 Å². The molecular formula is C13H18O5. The van der Waals surface area contributed by atoms with Crippen LogP contribution in [-0.2, 0) is 9.53 Å². The van der Waals surface area contributed by atoms with E-state index in [2.05, 4.69) is 0 Å². The lowest BCUT2D eigenvalue weighted by atomic mass is 10.3. The summed E-state index contributed by atoms with van der Waals surface area (Å²) < 4.78 is 15.7. The predicted molar refractivity (Wildman–Crippen MR) is 66.2 cm³/mol. The van der Waals surface area contributed by atoms with Gasteiger partial charge in [-0.15, -0.1) is 0 Å². The van der Waals surface area contributed by atoms with E-state index in [1.165, 1.54) is 6.92 Å². The first-order chi connectivity index (χ1) is 8.63. The molecule has 1 rings (SSSR count). The van der Waals surface area contributed by atoms with E-state index < -0.39 is 12.1 Å². The third-order valence-corrected chi connectivity index (χ3v) is 2.20. The molecule has 0 radical (unpaired) electrons. The van der Waals surface area contributed by atoms with Gasteiger partial charge in [-0.3, -0.25) is 0 Å². The Hall–Kier alpha value is -1.75. The van der Waals surface area contributed by atoms with Crippen LogP contribution in [0.25, 0.3) is 0 Å². The van der Waals surface area contributed by atoms with E-state index in [1.807, 2.05) is 19.1 Å². The Labute approximate surface area is 106 Å². The van der Waals surface area contributed by atoms with Gasteiger partial charge in [-0.1, -0.05) is 0 Å². The Kier molecular flexibility index (Phi) is 6.00. The molecule has 5 heteroatoms. The van der Waals surface area contributed by atoms with Crippen LogP contribution in [0.2, 0.25) is 0 Å². The highest BCUT2D eigenvalue weighted by Crippen LogP contribution is 2.17. The molecular weight excluding hydrogens is 236 g/mol.